The fraction of sp³-hybridized carbons (Fsp3) is 0.318. The smallest absolute Gasteiger partial charge is 0.205 e. The van der Waals surface area contributed by atoms with E-state index in [4.69, 9.17) is 20.9 Å². The number of ether oxygens (including phenoxy) is 2. The first-order chi connectivity index (χ1) is 12.8. The molecule has 5 heteroatoms. The molecule has 5 nitrogen and oxygen atoms in total. The molecule has 1 heterocycles. The van der Waals surface area contributed by atoms with Crippen LogP contribution in [-0.2, 0) is 0 Å². The summed E-state index contributed by atoms with van der Waals surface area (Å²) in [6, 6.07) is 15.4. The van der Waals surface area contributed by atoms with Gasteiger partial charge in [-0.2, -0.15) is 5.26 Å². The second kappa shape index (κ2) is 7.24. The van der Waals surface area contributed by atoms with E-state index >= 15 is 0 Å². The molecule has 140 valence electrons. The van der Waals surface area contributed by atoms with Crippen molar-refractivity contribution in [2.75, 3.05) is 12.3 Å². The maximum Gasteiger partial charge on any atom is 0.205 e. The molecule has 0 amide bonds. The van der Waals surface area contributed by atoms with Crippen molar-refractivity contribution >= 4 is 5.69 Å². The number of rotatable bonds is 4. The van der Waals surface area contributed by atoms with Gasteiger partial charge in [-0.3, -0.25) is 0 Å². The molecule has 1 atom stereocenters. The minimum atomic E-state index is -0.314. The number of anilines is 1. The normalized spacial score (nSPS) is 16.3. The van der Waals surface area contributed by atoms with Crippen LogP contribution in [0.1, 0.15) is 44.2 Å². The number of hydrogen-bond donors (Lipinski definition) is 2. The molecule has 0 saturated heterocycles. The first kappa shape index (κ1) is 18.7. The molecule has 1 aliphatic heterocycles. The predicted octanol–water partition coefficient (Wildman–Crippen LogP) is 4.30. The quantitative estimate of drug-likeness (QED) is 0.790. The van der Waals surface area contributed by atoms with Gasteiger partial charge in [0, 0.05) is 5.56 Å². The van der Waals surface area contributed by atoms with E-state index in [0.29, 0.717) is 29.4 Å². The standard InChI is InChI=1S/C22H25N3O2/c1-22(2,3)10-11-26-19-9-8-14(12-17(19)24)20-15-6-4-5-7-18(15)27-21(25)16(20)13-23/h4-9,12,20H,10-11,24-25H2,1-3H3. The van der Waals surface area contributed by atoms with E-state index in [1.54, 1.807) is 0 Å². The molecule has 4 N–H and O–H groups in total. The molecule has 1 unspecified atom stereocenters. The fourth-order valence-corrected chi connectivity index (χ4v) is 3.09. The molecule has 2 aromatic rings. The number of hydrogen-bond acceptors (Lipinski definition) is 5. The van der Waals surface area contributed by atoms with Gasteiger partial charge in [-0.25, -0.2) is 0 Å². The third-order valence-electron chi connectivity index (χ3n) is 4.60. The zero-order chi connectivity index (χ0) is 19.6. The van der Waals surface area contributed by atoms with Gasteiger partial charge in [-0.05, 0) is 35.6 Å². The molecule has 0 radical (unpaired) electrons. The number of benzene rings is 2. The molecular weight excluding hydrogens is 338 g/mol. The van der Waals surface area contributed by atoms with Crippen LogP contribution < -0.4 is 20.9 Å². The van der Waals surface area contributed by atoms with Gasteiger partial charge in [0.05, 0.1) is 18.2 Å². The second-order valence-electron chi connectivity index (χ2n) is 7.92. The zero-order valence-corrected chi connectivity index (χ0v) is 16.0. The number of fused-ring (bicyclic) bond motifs is 1. The molecule has 1 aliphatic rings. The largest absolute Gasteiger partial charge is 0.491 e. The first-order valence-corrected chi connectivity index (χ1v) is 8.99. The third kappa shape index (κ3) is 4.01. The Hall–Kier alpha value is -3.13. The summed E-state index contributed by atoms with van der Waals surface area (Å²) in [5, 5.41) is 9.61. The van der Waals surface area contributed by atoms with Gasteiger partial charge in [0.15, 0.2) is 0 Å². The van der Waals surface area contributed by atoms with E-state index < -0.39 is 0 Å². The van der Waals surface area contributed by atoms with Crippen LogP contribution in [0.25, 0.3) is 0 Å². The van der Waals surface area contributed by atoms with Crippen LogP contribution in [-0.4, -0.2) is 6.61 Å². The van der Waals surface area contributed by atoms with Crippen molar-refractivity contribution in [3.05, 3.63) is 65.0 Å². The number of allylic oxidation sites excluding steroid dienone is 1. The summed E-state index contributed by atoms with van der Waals surface area (Å²) < 4.78 is 11.5. The Bertz CT molecular complexity index is 920. The predicted molar refractivity (Wildman–Crippen MR) is 106 cm³/mol. The molecule has 27 heavy (non-hydrogen) atoms. The molecule has 2 aromatic carbocycles. The van der Waals surface area contributed by atoms with Crippen LogP contribution in [0, 0.1) is 16.7 Å². The SMILES string of the molecule is CC(C)(C)CCOc1ccc(C2C(C#N)=C(N)Oc3ccccc32)cc1N. The summed E-state index contributed by atoms with van der Waals surface area (Å²) in [5.41, 5.74) is 15.1. The highest BCUT2D eigenvalue weighted by atomic mass is 16.5. The van der Waals surface area contributed by atoms with Crippen LogP contribution in [0.4, 0.5) is 5.69 Å². The first-order valence-electron chi connectivity index (χ1n) is 8.99. The van der Waals surface area contributed by atoms with Gasteiger partial charge in [0.2, 0.25) is 5.88 Å². The summed E-state index contributed by atoms with van der Waals surface area (Å²) in [5.74, 6) is 1.12. The number of nitrogens with two attached hydrogens (primary N) is 2. The minimum Gasteiger partial charge on any atom is -0.491 e. The molecule has 0 saturated carbocycles. The van der Waals surface area contributed by atoms with Gasteiger partial charge < -0.3 is 20.9 Å². The van der Waals surface area contributed by atoms with Crippen LogP contribution in [0.3, 0.4) is 0 Å². The van der Waals surface area contributed by atoms with E-state index in [-0.39, 0.29) is 17.2 Å². The summed E-state index contributed by atoms with van der Waals surface area (Å²) in [6.07, 6.45) is 0.930. The van der Waals surface area contributed by atoms with Crippen LogP contribution in [0.5, 0.6) is 11.5 Å². The molecular formula is C22H25N3O2. The molecule has 3 rings (SSSR count). The lowest BCUT2D eigenvalue weighted by molar-refractivity contribution is 0.244. The van der Waals surface area contributed by atoms with E-state index in [1.165, 1.54) is 0 Å². The van der Waals surface area contributed by atoms with Gasteiger partial charge in [0.25, 0.3) is 0 Å². The summed E-state index contributed by atoms with van der Waals surface area (Å²) >= 11 is 0. The average Bonchev–Trinajstić information content (AvgIpc) is 2.61. The summed E-state index contributed by atoms with van der Waals surface area (Å²) in [4.78, 5) is 0. The molecule has 0 spiro atoms. The number of nitrogens with zero attached hydrogens (tertiary/aromatic N) is 1. The molecule has 0 aromatic heterocycles. The summed E-state index contributed by atoms with van der Waals surface area (Å²) in [6.45, 7) is 7.12. The highest BCUT2D eigenvalue weighted by molar-refractivity contribution is 5.61. The Balaban J connectivity index is 1.92. The Morgan fingerprint density at radius 2 is 1.89 bits per heavy atom. The highest BCUT2D eigenvalue weighted by Crippen LogP contribution is 2.43. The van der Waals surface area contributed by atoms with E-state index in [0.717, 1.165) is 17.5 Å². The number of para-hydroxylation sites is 1. The Morgan fingerprint density at radius 1 is 1.15 bits per heavy atom. The highest BCUT2D eigenvalue weighted by Gasteiger charge is 2.30. The van der Waals surface area contributed by atoms with Crippen molar-refractivity contribution in [3.8, 4) is 17.6 Å². The number of nitriles is 1. The van der Waals surface area contributed by atoms with E-state index in [9.17, 15) is 5.26 Å². The Morgan fingerprint density at radius 3 is 2.56 bits per heavy atom. The van der Waals surface area contributed by atoms with Gasteiger partial charge in [0.1, 0.15) is 23.1 Å². The van der Waals surface area contributed by atoms with Crippen molar-refractivity contribution in [1.29, 1.82) is 5.26 Å². The van der Waals surface area contributed by atoms with Gasteiger partial charge in [-0.1, -0.05) is 45.0 Å². The van der Waals surface area contributed by atoms with E-state index in [1.807, 2.05) is 42.5 Å². The lowest BCUT2D eigenvalue weighted by Gasteiger charge is -2.26. The lowest BCUT2D eigenvalue weighted by atomic mass is 9.83. The third-order valence-corrected chi connectivity index (χ3v) is 4.60. The topological polar surface area (TPSA) is 94.3 Å². The van der Waals surface area contributed by atoms with Crippen molar-refractivity contribution < 1.29 is 9.47 Å². The molecule has 0 fully saturated rings. The van der Waals surface area contributed by atoms with Crippen LogP contribution in [0.15, 0.2) is 53.9 Å². The minimum absolute atomic E-state index is 0.130. The lowest BCUT2D eigenvalue weighted by Crippen LogP contribution is -2.21. The average molecular weight is 363 g/mol. The Labute approximate surface area is 160 Å². The van der Waals surface area contributed by atoms with Crippen molar-refractivity contribution in [2.45, 2.75) is 33.1 Å². The monoisotopic (exact) mass is 363 g/mol. The maximum atomic E-state index is 9.61. The fourth-order valence-electron chi connectivity index (χ4n) is 3.09. The Kier molecular flexibility index (Phi) is 5.00. The van der Waals surface area contributed by atoms with Gasteiger partial charge >= 0.3 is 0 Å². The maximum absolute atomic E-state index is 9.61. The van der Waals surface area contributed by atoms with Crippen LogP contribution >= 0.6 is 0 Å². The summed E-state index contributed by atoms with van der Waals surface area (Å²) in [7, 11) is 0. The van der Waals surface area contributed by atoms with Crippen LogP contribution in [0.2, 0.25) is 0 Å². The van der Waals surface area contributed by atoms with Crippen molar-refractivity contribution in [1.82, 2.24) is 0 Å². The van der Waals surface area contributed by atoms with Gasteiger partial charge in [-0.15, -0.1) is 0 Å². The van der Waals surface area contributed by atoms with E-state index in [2.05, 4.69) is 26.8 Å². The van der Waals surface area contributed by atoms with Crippen molar-refractivity contribution in [3.63, 3.8) is 0 Å². The molecule has 0 bridgehead atoms. The second-order valence-corrected chi connectivity index (χ2v) is 7.92. The van der Waals surface area contributed by atoms with Crippen molar-refractivity contribution in [2.24, 2.45) is 11.1 Å². The zero-order valence-electron chi connectivity index (χ0n) is 16.0. The number of nitrogen functional groups attached to an aromatic ring is 1. The molecule has 0 aliphatic carbocycles.